The van der Waals surface area contributed by atoms with Crippen LogP contribution in [0.2, 0.25) is 0 Å². The number of carbonyl (C=O) groups excluding carboxylic acids is 1. The van der Waals surface area contributed by atoms with Gasteiger partial charge in [-0.3, -0.25) is 14.9 Å². The third kappa shape index (κ3) is 1.56. The van der Waals surface area contributed by atoms with Crippen molar-refractivity contribution in [3.8, 4) is 0 Å². The number of amides is 1. The molecule has 2 N–H and O–H groups in total. The van der Waals surface area contributed by atoms with Gasteiger partial charge in [0.1, 0.15) is 0 Å². The van der Waals surface area contributed by atoms with Crippen molar-refractivity contribution in [3.63, 3.8) is 0 Å². The zero-order valence-electron chi connectivity index (χ0n) is 7.90. The summed E-state index contributed by atoms with van der Waals surface area (Å²) in [7, 11) is 0. The van der Waals surface area contributed by atoms with Crippen LogP contribution in [0, 0.1) is 24.0 Å². The zero-order valence-corrected chi connectivity index (χ0v) is 7.90. The van der Waals surface area contributed by atoms with Gasteiger partial charge in [-0.1, -0.05) is 0 Å². The Morgan fingerprint density at radius 3 is 2.36 bits per heavy atom. The van der Waals surface area contributed by atoms with E-state index in [1.165, 1.54) is 12.1 Å². The minimum absolute atomic E-state index is 0.00694. The number of hydrogen-bond acceptors (Lipinski definition) is 3. The highest BCUT2D eigenvalue weighted by atomic mass is 16.6. The molecule has 0 bridgehead atoms. The molecule has 74 valence electrons. The molecular formula is C9H10N2O3. The van der Waals surface area contributed by atoms with E-state index in [2.05, 4.69) is 0 Å². The molecule has 14 heavy (non-hydrogen) atoms. The first kappa shape index (κ1) is 10.2. The van der Waals surface area contributed by atoms with Gasteiger partial charge in [0.2, 0.25) is 5.91 Å². The van der Waals surface area contributed by atoms with Gasteiger partial charge in [-0.2, -0.15) is 0 Å². The van der Waals surface area contributed by atoms with Crippen LogP contribution in [-0.2, 0) is 0 Å². The van der Waals surface area contributed by atoms with Crippen molar-refractivity contribution in [1.82, 2.24) is 0 Å². The summed E-state index contributed by atoms with van der Waals surface area (Å²) >= 11 is 0. The summed E-state index contributed by atoms with van der Waals surface area (Å²) in [4.78, 5) is 21.0. The summed E-state index contributed by atoms with van der Waals surface area (Å²) in [6.07, 6.45) is 0. The minimum atomic E-state index is -0.569. The average Bonchev–Trinajstić information content (AvgIpc) is 2.08. The SMILES string of the molecule is Cc1c(C(N)=O)ccc([N+](=O)[O-])c1C. The Morgan fingerprint density at radius 2 is 1.93 bits per heavy atom. The smallest absolute Gasteiger partial charge is 0.272 e. The maximum absolute atomic E-state index is 10.9. The van der Waals surface area contributed by atoms with Crippen molar-refractivity contribution >= 4 is 11.6 Å². The number of nitro groups is 1. The van der Waals surface area contributed by atoms with E-state index >= 15 is 0 Å². The Morgan fingerprint density at radius 1 is 1.36 bits per heavy atom. The van der Waals surface area contributed by atoms with Crippen molar-refractivity contribution in [1.29, 1.82) is 0 Å². The fraction of sp³-hybridized carbons (Fsp3) is 0.222. The third-order valence-corrected chi connectivity index (χ3v) is 2.22. The Balaban J connectivity index is 3.41. The van der Waals surface area contributed by atoms with Crippen molar-refractivity contribution in [2.24, 2.45) is 5.73 Å². The van der Waals surface area contributed by atoms with E-state index in [1.54, 1.807) is 13.8 Å². The molecule has 5 heteroatoms. The normalized spacial score (nSPS) is 9.86. The van der Waals surface area contributed by atoms with Gasteiger partial charge in [0, 0.05) is 17.2 Å². The predicted molar refractivity (Wildman–Crippen MR) is 51.1 cm³/mol. The molecule has 0 saturated heterocycles. The second kappa shape index (κ2) is 3.45. The lowest BCUT2D eigenvalue weighted by Gasteiger charge is -2.05. The highest BCUT2D eigenvalue weighted by Gasteiger charge is 2.16. The van der Waals surface area contributed by atoms with Gasteiger partial charge >= 0.3 is 0 Å². The van der Waals surface area contributed by atoms with Crippen molar-refractivity contribution in [2.75, 3.05) is 0 Å². The molecule has 0 atom stereocenters. The van der Waals surface area contributed by atoms with Crippen molar-refractivity contribution in [3.05, 3.63) is 38.9 Å². The van der Waals surface area contributed by atoms with E-state index in [0.29, 0.717) is 16.7 Å². The lowest BCUT2D eigenvalue weighted by Crippen LogP contribution is -2.13. The Hall–Kier alpha value is -1.91. The summed E-state index contributed by atoms with van der Waals surface area (Å²) < 4.78 is 0. The standard InChI is InChI=1S/C9H10N2O3/c1-5-6(2)8(11(13)14)4-3-7(5)9(10)12/h3-4H,1-2H3,(H2,10,12). The topological polar surface area (TPSA) is 86.2 Å². The zero-order chi connectivity index (χ0) is 10.9. The van der Waals surface area contributed by atoms with Gasteiger partial charge in [0.05, 0.1) is 4.92 Å². The first-order valence-corrected chi connectivity index (χ1v) is 3.99. The molecule has 0 unspecified atom stereocenters. The molecule has 0 heterocycles. The molecule has 0 aliphatic rings. The van der Waals surface area contributed by atoms with E-state index in [4.69, 9.17) is 5.73 Å². The van der Waals surface area contributed by atoms with Gasteiger partial charge < -0.3 is 5.73 Å². The Bertz CT molecular complexity index is 374. The quantitative estimate of drug-likeness (QED) is 0.568. The summed E-state index contributed by atoms with van der Waals surface area (Å²) in [6.45, 7) is 3.24. The van der Waals surface area contributed by atoms with E-state index < -0.39 is 10.8 Å². The van der Waals surface area contributed by atoms with Crippen molar-refractivity contribution < 1.29 is 9.72 Å². The summed E-state index contributed by atoms with van der Waals surface area (Å²) in [5, 5.41) is 10.5. The second-order valence-corrected chi connectivity index (χ2v) is 3.00. The highest BCUT2D eigenvalue weighted by molar-refractivity contribution is 5.95. The van der Waals surface area contributed by atoms with Gasteiger partial charge in [0.25, 0.3) is 5.69 Å². The molecule has 0 radical (unpaired) electrons. The molecule has 0 aromatic heterocycles. The van der Waals surface area contributed by atoms with Crippen LogP contribution >= 0.6 is 0 Å². The molecule has 1 rings (SSSR count). The van der Waals surface area contributed by atoms with Crippen LogP contribution in [0.15, 0.2) is 12.1 Å². The fourth-order valence-electron chi connectivity index (χ4n) is 1.27. The second-order valence-electron chi connectivity index (χ2n) is 3.00. The molecule has 5 nitrogen and oxygen atoms in total. The number of rotatable bonds is 2. The van der Waals surface area contributed by atoms with E-state index in [0.717, 1.165) is 0 Å². The molecule has 0 saturated carbocycles. The largest absolute Gasteiger partial charge is 0.366 e. The number of carbonyl (C=O) groups is 1. The van der Waals surface area contributed by atoms with Crippen LogP contribution in [0.3, 0.4) is 0 Å². The van der Waals surface area contributed by atoms with Gasteiger partial charge in [-0.15, -0.1) is 0 Å². The van der Waals surface area contributed by atoms with Crippen LogP contribution in [0.1, 0.15) is 21.5 Å². The van der Waals surface area contributed by atoms with Crippen LogP contribution in [-0.4, -0.2) is 10.8 Å². The maximum atomic E-state index is 10.9. The molecule has 1 amide bonds. The number of nitrogens with two attached hydrogens (primary N) is 1. The van der Waals surface area contributed by atoms with Gasteiger partial charge in [-0.05, 0) is 25.5 Å². The average molecular weight is 194 g/mol. The Kier molecular flexibility index (Phi) is 2.51. The number of nitro benzene ring substituents is 1. The molecule has 1 aromatic rings. The van der Waals surface area contributed by atoms with Crippen LogP contribution < -0.4 is 5.73 Å². The molecular weight excluding hydrogens is 184 g/mol. The monoisotopic (exact) mass is 194 g/mol. The number of benzene rings is 1. The number of primary amides is 1. The predicted octanol–water partition coefficient (Wildman–Crippen LogP) is 1.31. The molecule has 0 aliphatic carbocycles. The van der Waals surface area contributed by atoms with Gasteiger partial charge in [0.15, 0.2) is 0 Å². The number of nitrogens with zero attached hydrogens (tertiary/aromatic N) is 1. The molecule has 0 aliphatic heterocycles. The maximum Gasteiger partial charge on any atom is 0.272 e. The lowest BCUT2D eigenvalue weighted by molar-refractivity contribution is -0.385. The summed E-state index contributed by atoms with van der Waals surface area (Å²) in [5.74, 6) is -0.569. The van der Waals surface area contributed by atoms with E-state index in [-0.39, 0.29) is 5.69 Å². The summed E-state index contributed by atoms with van der Waals surface area (Å²) in [5.41, 5.74) is 6.47. The highest BCUT2D eigenvalue weighted by Crippen LogP contribution is 2.23. The fourth-order valence-corrected chi connectivity index (χ4v) is 1.27. The minimum Gasteiger partial charge on any atom is -0.366 e. The lowest BCUT2D eigenvalue weighted by atomic mass is 10.0. The number of hydrogen-bond donors (Lipinski definition) is 1. The first-order valence-electron chi connectivity index (χ1n) is 3.99. The Labute approximate surface area is 80.7 Å². The molecule has 1 aromatic carbocycles. The molecule has 0 fully saturated rings. The van der Waals surface area contributed by atoms with Crippen LogP contribution in [0.25, 0.3) is 0 Å². The van der Waals surface area contributed by atoms with Crippen LogP contribution in [0.5, 0.6) is 0 Å². The van der Waals surface area contributed by atoms with E-state index in [9.17, 15) is 14.9 Å². The van der Waals surface area contributed by atoms with Crippen molar-refractivity contribution in [2.45, 2.75) is 13.8 Å². The van der Waals surface area contributed by atoms with Crippen LogP contribution in [0.4, 0.5) is 5.69 Å². The molecule has 0 spiro atoms. The third-order valence-electron chi connectivity index (χ3n) is 2.22. The van der Waals surface area contributed by atoms with E-state index in [1.807, 2.05) is 0 Å². The van der Waals surface area contributed by atoms with Gasteiger partial charge in [-0.25, -0.2) is 0 Å². The first-order chi connectivity index (χ1) is 6.45. The summed E-state index contributed by atoms with van der Waals surface area (Å²) in [6, 6.07) is 2.67.